The molecule has 1 aromatic rings. The molecule has 0 unspecified atom stereocenters. The van der Waals surface area contributed by atoms with Gasteiger partial charge in [-0.2, -0.15) is 0 Å². The molecule has 21 heavy (non-hydrogen) atoms. The number of halogens is 4. The first-order valence-corrected chi connectivity index (χ1v) is 7.17. The molecule has 0 amide bonds. The highest BCUT2D eigenvalue weighted by Crippen LogP contribution is 2.41. The van der Waals surface area contributed by atoms with Gasteiger partial charge in [0.2, 0.25) is 0 Å². The van der Waals surface area contributed by atoms with Gasteiger partial charge in [-0.1, -0.05) is 38.4 Å². The zero-order valence-electron chi connectivity index (χ0n) is 12.7. The van der Waals surface area contributed by atoms with E-state index in [1.54, 1.807) is 0 Å². The molecule has 1 aliphatic rings. The van der Waals surface area contributed by atoms with Crippen molar-refractivity contribution in [1.29, 1.82) is 0 Å². The Kier molecular flexibility index (Phi) is 8.52. The van der Waals surface area contributed by atoms with E-state index < -0.39 is 0 Å². The highest BCUT2D eigenvalue weighted by molar-refractivity contribution is 6.31. The Balaban J connectivity index is 0.00000200. The summed E-state index contributed by atoms with van der Waals surface area (Å²) in [6.07, 6.45) is 0. The average molecular weight is 358 g/mol. The lowest BCUT2D eigenvalue weighted by Gasteiger charge is -2.43. The van der Waals surface area contributed by atoms with Gasteiger partial charge >= 0.3 is 0 Å². The molecule has 1 fully saturated rings. The minimum atomic E-state index is -0.276. The van der Waals surface area contributed by atoms with Gasteiger partial charge in [-0.25, -0.2) is 4.39 Å². The van der Waals surface area contributed by atoms with E-state index in [0.29, 0.717) is 5.02 Å². The summed E-state index contributed by atoms with van der Waals surface area (Å²) in [4.78, 5) is 2.44. The molecule has 0 bridgehead atoms. The van der Waals surface area contributed by atoms with E-state index in [9.17, 15) is 4.39 Å². The molecule has 1 aromatic carbocycles. The van der Waals surface area contributed by atoms with Crippen LogP contribution in [0.1, 0.15) is 32.4 Å². The summed E-state index contributed by atoms with van der Waals surface area (Å²) in [7, 11) is 0. The molecule has 0 radical (unpaired) electrons. The maximum atomic E-state index is 13.2. The van der Waals surface area contributed by atoms with Crippen molar-refractivity contribution in [3.8, 4) is 0 Å². The third kappa shape index (κ3) is 5.26. The zero-order valence-corrected chi connectivity index (χ0v) is 15.0. The molecule has 0 aliphatic carbocycles. The van der Waals surface area contributed by atoms with Gasteiger partial charge in [0.25, 0.3) is 0 Å². The smallest absolute Gasteiger partial charge is 0.124 e. The highest BCUT2D eigenvalue weighted by Gasteiger charge is 2.33. The van der Waals surface area contributed by atoms with Crippen molar-refractivity contribution < 1.29 is 4.39 Å². The number of nitrogens with zero attached hydrogens (tertiary/aromatic N) is 1. The van der Waals surface area contributed by atoms with Crippen LogP contribution in [0.3, 0.4) is 0 Å². The monoisotopic (exact) mass is 356 g/mol. The summed E-state index contributed by atoms with van der Waals surface area (Å²) < 4.78 is 13.2. The fourth-order valence-corrected chi connectivity index (χ4v) is 3.15. The van der Waals surface area contributed by atoms with Gasteiger partial charge in [0.1, 0.15) is 5.82 Å². The van der Waals surface area contributed by atoms with Gasteiger partial charge < -0.3 is 5.32 Å². The molecule has 1 atom stereocenters. The SMILES string of the molecule is CC(C)(C)[C@H](c1ccc(F)cc1Cl)N1CCNCC1.Cl.Cl. The quantitative estimate of drug-likeness (QED) is 0.848. The van der Waals surface area contributed by atoms with E-state index in [0.717, 1.165) is 31.7 Å². The van der Waals surface area contributed by atoms with Crippen LogP contribution in [-0.4, -0.2) is 31.1 Å². The molecule has 0 saturated carbocycles. The van der Waals surface area contributed by atoms with Gasteiger partial charge in [0.15, 0.2) is 0 Å². The highest BCUT2D eigenvalue weighted by atomic mass is 35.5. The molecule has 1 saturated heterocycles. The second-order valence-electron chi connectivity index (χ2n) is 6.22. The maximum absolute atomic E-state index is 13.2. The van der Waals surface area contributed by atoms with Crippen molar-refractivity contribution in [2.24, 2.45) is 5.41 Å². The summed E-state index contributed by atoms with van der Waals surface area (Å²) in [5, 5.41) is 3.89. The fourth-order valence-electron chi connectivity index (χ4n) is 2.87. The Morgan fingerprint density at radius 1 is 1.19 bits per heavy atom. The lowest BCUT2D eigenvalue weighted by atomic mass is 9.81. The van der Waals surface area contributed by atoms with Crippen molar-refractivity contribution in [3.05, 3.63) is 34.6 Å². The second-order valence-corrected chi connectivity index (χ2v) is 6.63. The van der Waals surface area contributed by atoms with Crippen LogP contribution in [-0.2, 0) is 0 Å². The third-order valence-electron chi connectivity index (χ3n) is 3.59. The van der Waals surface area contributed by atoms with Crippen LogP contribution in [0.25, 0.3) is 0 Å². The normalized spacial score (nSPS) is 17.6. The summed E-state index contributed by atoms with van der Waals surface area (Å²) in [5.74, 6) is -0.276. The number of rotatable bonds is 2. The lowest BCUT2D eigenvalue weighted by molar-refractivity contribution is 0.0862. The molecule has 1 N–H and O–H groups in total. The van der Waals surface area contributed by atoms with E-state index in [4.69, 9.17) is 11.6 Å². The molecule has 6 heteroatoms. The van der Waals surface area contributed by atoms with Gasteiger partial charge in [-0.15, -0.1) is 24.8 Å². The summed E-state index contributed by atoms with van der Waals surface area (Å²) >= 11 is 6.27. The molecule has 0 spiro atoms. The summed E-state index contributed by atoms with van der Waals surface area (Å²) in [6, 6.07) is 4.96. The van der Waals surface area contributed by atoms with E-state index in [-0.39, 0.29) is 42.1 Å². The molecular formula is C15H24Cl3FN2. The van der Waals surface area contributed by atoms with E-state index in [2.05, 4.69) is 31.0 Å². The predicted octanol–water partition coefficient (Wildman–Crippen LogP) is 4.32. The van der Waals surface area contributed by atoms with Crippen LogP contribution in [0, 0.1) is 11.2 Å². The number of hydrogen-bond acceptors (Lipinski definition) is 2. The fraction of sp³-hybridized carbons (Fsp3) is 0.600. The second kappa shape index (κ2) is 8.54. The predicted molar refractivity (Wildman–Crippen MR) is 92.5 cm³/mol. The average Bonchev–Trinajstić information content (AvgIpc) is 2.32. The van der Waals surface area contributed by atoms with Gasteiger partial charge in [-0.05, 0) is 23.1 Å². The van der Waals surface area contributed by atoms with Crippen LogP contribution < -0.4 is 5.32 Å². The van der Waals surface area contributed by atoms with Gasteiger partial charge in [0, 0.05) is 37.2 Å². The number of hydrogen-bond donors (Lipinski definition) is 1. The Labute approximate surface area is 144 Å². The standard InChI is InChI=1S/C15H22ClFN2.2ClH/c1-15(2,3)14(19-8-6-18-7-9-19)12-5-4-11(17)10-13(12)16;;/h4-5,10,14,18H,6-9H2,1-3H3;2*1H/t14-;;/m0../s1. The van der Waals surface area contributed by atoms with E-state index in [1.165, 1.54) is 12.1 Å². The summed E-state index contributed by atoms with van der Waals surface area (Å²) in [6.45, 7) is 10.6. The number of piperazine rings is 1. The Bertz CT molecular complexity index is 443. The Hall–Kier alpha value is -0.0600. The molecule has 2 nitrogen and oxygen atoms in total. The van der Waals surface area contributed by atoms with Crippen molar-refractivity contribution in [2.75, 3.05) is 26.2 Å². The third-order valence-corrected chi connectivity index (χ3v) is 3.92. The topological polar surface area (TPSA) is 15.3 Å². The Morgan fingerprint density at radius 2 is 1.76 bits per heavy atom. The molecule has 122 valence electrons. The molecule has 0 aromatic heterocycles. The first-order chi connectivity index (χ1) is 8.89. The summed E-state index contributed by atoms with van der Waals surface area (Å²) in [5.41, 5.74) is 1.08. The minimum Gasteiger partial charge on any atom is -0.314 e. The van der Waals surface area contributed by atoms with Crippen molar-refractivity contribution >= 4 is 36.4 Å². The number of benzene rings is 1. The van der Waals surface area contributed by atoms with Crippen LogP contribution in [0.15, 0.2) is 18.2 Å². The van der Waals surface area contributed by atoms with Gasteiger partial charge in [-0.3, -0.25) is 4.90 Å². The van der Waals surface area contributed by atoms with Crippen molar-refractivity contribution in [2.45, 2.75) is 26.8 Å². The minimum absolute atomic E-state index is 0. The largest absolute Gasteiger partial charge is 0.314 e. The lowest BCUT2D eigenvalue weighted by Crippen LogP contribution is -2.48. The molecule has 2 rings (SSSR count). The van der Waals surface area contributed by atoms with Crippen LogP contribution in [0.2, 0.25) is 5.02 Å². The Morgan fingerprint density at radius 3 is 2.24 bits per heavy atom. The first kappa shape index (κ1) is 20.9. The van der Waals surface area contributed by atoms with Crippen molar-refractivity contribution in [1.82, 2.24) is 10.2 Å². The first-order valence-electron chi connectivity index (χ1n) is 6.79. The zero-order chi connectivity index (χ0) is 14.0. The van der Waals surface area contributed by atoms with Crippen LogP contribution in [0.4, 0.5) is 4.39 Å². The van der Waals surface area contributed by atoms with Crippen LogP contribution >= 0.6 is 36.4 Å². The number of nitrogens with one attached hydrogen (secondary N) is 1. The molecular weight excluding hydrogens is 334 g/mol. The van der Waals surface area contributed by atoms with E-state index >= 15 is 0 Å². The molecule has 1 aliphatic heterocycles. The van der Waals surface area contributed by atoms with Crippen molar-refractivity contribution in [3.63, 3.8) is 0 Å². The maximum Gasteiger partial charge on any atom is 0.124 e. The van der Waals surface area contributed by atoms with Crippen LogP contribution in [0.5, 0.6) is 0 Å². The van der Waals surface area contributed by atoms with Gasteiger partial charge in [0.05, 0.1) is 0 Å². The molecule has 1 heterocycles. The van der Waals surface area contributed by atoms with E-state index in [1.807, 2.05) is 6.07 Å².